The number of morpholine rings is 1. The molecule has 1 aliphatic heterocycles. The number of fused-ring (bicyclic) bond motifs is 1. The Morgan fingerprint density at radius 1 is 1.20 bits per heavy atom. The molecule has 35 heavy (non-hydrogen) atoms. The van der Waals surface area contributed by atoms with Crippen LogP contribution in [0.5, 0.6) is 0 Å². The first-order valence-electron chi connectivity index (χ1n) is 11.2. The fourth-order valence-corrected chi connectivity index (χ4v) is 5.16. The number of pyridine rings is 1. The highest BCUT2D eigenvalue weighted by Crippen LogP contribution is 2.34. The zero-order chi connectivity index (χ0) is 24.4. The number of ether oxygens (including phenoxy) is 1. The first kappa shape index (κ1) is 22.9. The topological polar surface area (TPSA) is 102 Å². The molecule has 0 aliphatic carbocycles. The molecule has 0 unspecified atom stereocenters. The maximum Gasteiger partial charge on any atom is 0.293 e. The van der Waals surface area contributed by atoms with Gasteiger partial charge >= 0.3 is 0 Å². The first-order valence-corrected chi connectivity index (χ1v) is 12.0. The average Bonchev–Trinajstić information content (AvgIpc) is 3.33. The molecule has 10 heteroatoms. The standard InChI is InChI=1S/C25H23N5O4S/c1-17-4-2-6-22-23(17)27-25(35-22)29(16-18-5-3-9-26-15-18)24(31)19-7-8-20(21(14-19)30(32)33)28-10-12-34-13-11-28/h2-9,14-15H,10-13,16H2,1H3. The number of nitro groups is 1. The van der Waals surface area contributed by atoms with E-state index in [1.165, 1.54) is 17.4 Å². The Morgan fingerprint density at radius 3 is 2.74 bits per heavy atom. The maximum atomic E-state index is 13.8. The van der Waals surface area contributed by atoms with Gasteiger partial charge in [-0.15, -0.1) is 0 Å². The Balaban J connectivity index is 1.55. The largest absolute Gasteiger partial charge is 0.378 e. The predicted octanol–water partition coefficient (Wildman–Crippen LogP) is 4.59. The summed E-state index contributed by atoms with van der Waals surface area (Å²) in [6.07, 6.45) is 3.37. The van der Waals surface area contributed by atoms with Gasteiger partial charge in [0, 0.05) is 37.1 Å². The molecule has 1 aliphatic rings. The summed E-state index contributed by atoms with van der Waals surface area (Å²) in [4.78, 5) is 37.7. The molecule has 1 saturated heterocycles. The first-order chi connectivity index (χ1) is 17.0. The van der Waals surface area contributed by atoms with Crippen molar-refractivity contribution in [2.24, 2.45) is 0 Å². The summed E-state index contributed by atoms with van der Waals surface area (Å²) in [5.74, 6) is -0.359. The van der Waals surface area contributed by atoms with Crippen molar-refractivity contribution < 1.29 is 14.5 Å². The van der Waals surface area contributed by atoms with Gasteiger partial charge < -0.3 is 9.64 Å². The van der Waals surface area contributed by atoms with E-state index in [-0.39, 0.29) is 23.7 Å². The number of aromatic nitrogens is 2. The molecule has 3 heterocycles. The van der Waals surface area contributed by atoms with E-state index in [9.17, 15) is 14.9 Å². The van der Waals surface area contributed by atoms with Crippen molar-refractivity contribution >= 4 is 44.0 Å². The molecule has 0 bridgehead atoms. The summed E-state index contributed by atoms with van der Waals surface area (Å²) in [6, 6.07) is 14.3. The van der Waals surface area contributed by atoms with Crippen molar-refractivity contribution in [2.75, 3.05) is 36.1 Å². The van der Waals surface area contributed by atoms with Gasteiger partial charge in [-0.05, 0) is 42.3 Å². The maximum absolute atomic E-state index is 13.8. The van der Waals surface area contributed by atoms with Gasteiger partial charge in [0.05, 0.1) is 34.9 Å². The molecule has 2 aromatic heterocycles. The molecule has 5 rings (SSSR count). The predicted molar refractivity (Wildman–Crippen MR) is 135 cm³/mol. The van der Waals surface area contributed by atoms with Crippen molar-refractivity contribution in [3.05, 3.63) is 87.7 Å². The third-order valence-electron chi connectivity index (χ3n) is 5.92. The zero-order valence-electron chi connectivity index (χ0n) is 19.1. The molecule has 4 aromatic rings. The molecule has 0 radical (unpaired) electrons. The minimum Gasteiger partial charge on any atom is -0.378 e. The number of para-hydroxylation sites is 1. The Bertz CT molecular complexity index is 1390. The average molecular weight is 490 g/mol. The Morgan fingerprint density at radius 2 is 2.03 bits per heavy atom. The molecule has 0 spiro atoms. The number of nitrogens with zero attached hydrogens (tertiary/aromatic N) is 5. The molecule has 9 nitrogen and oxygen atoms in total. The van der Waals surface area contributed by atoms with Gasteiger partial charge in [0.2, 0.25) is 0 Å². The number of rotatable bonds is 6. The molecule has 178 valence electrons. The van der Waals surface area contributed by atoms with Crippen molar-refractivity contribution in [1.29, 1.82) is 0 Å². The lowest BCUT2D eigenvalue weighted by Crippen LogP contribution is -2.36. The van der Waals surface area contributed by atoms with Gasteiger partial charge in [0.1, 0.15) is 5.69 Å². The van der Waals surface area contributed by atoms with Crippen molar-refractivity contribution in [3.8, 4) is 0 Å². The van der Waals surface area contributed by atoms with E-state index >= 15 is 0 Å². The fraction of sp³-hybridized carbons (Fsp3) is 0.240. The van der Waals surface area contributed by atoms with Crippen molar-refractivity contribution in [2.45, 2.75) is 13.5 Å². The van der Waals surface area contributed by atoms with Crippen molar-refractivity contribution in [1.82, 2.24) is 9.97 Å². The van der Waals surface area contributed by atoms with Crippen LogP contribution < -0.4 is 9.80 Å². The molecular formula is C25H23N5O4S. The number of hydrogen-bond acceptors (Lipinski definition) is 8. The second kappa shape index (κ2) is 9.77. The zero-order valence-corrected chi connectivity index (χ0v) is 19.9. The van der Waals surface area contributed by atoms with E-state index in [4.69, 9.17) is 9.72 Å². The number of aryl methyl sites for hydroxylation is 1. The van der Waals surface area contributed by atoms with Crippen LogP contribution in [0.2, 0.25) is 0 Å². The Hall–Kier alpha value is -3.89. The minimum atomic E-state index is -0.436. The van der Waals surface area contributed by atoms with E-state index in [0.717, 1.165) is 21.3 Å². The highest BCUT2D eigenvalue weighted by atomic mass is 32.1. The van der Waals surface area contributed by atoms with Crippen molar-refractivity contribution in [3.63, 3.8) is 0 Å². The SMILES string of the molecule is Cc1cccc2sc(N(Cc3cccnc3)C(=O)c3ccc(N4CCOCC4)c([N+](=O)[O-])c3)nc12. The van der Waals surface area contributed by atoms with E-state index in [0.29, 0.717) is 37.1 Å². The van der Waals surface area contributed by atoms with Crippen LogP contribution >= 0.6 is 11.3 Å². The summed E-state index contributed by atoms with van der Waals surface area (Å²) in [5, 5.41) is 12.5. The van der Waals surface area contributed by atoms with Crippen LogP contribution in [-0.2, 0) is 11.3 Å². The van der Waals surface area contributed by atoms with Crippen LogP contribution in [0, 0.1) is 17.0 Å². The number of hydrogen-bond donors (Lipinski definition) is 0. The number of thiazole rings is 1. The van der Waals surface area contributed by atoms with E-state index < -0.39 is 4.92 Å². The van der Waals surface area contributed by atoms with Crippen LogP contribution in [0.25, 0.3) is 10.2 Å². The fourth-order valence-electron chi connectivity index (χ4n) is 4.12. The van der Waals surface area contributed by atoms with Gasteiger partial charge in [-0.3, -0.25) is 24.8 Å². The van der Waals surface area contributed by atoms with Gasteiger partial charge in [0.25, 0.3) is 11.6 Å². The van der Waals surface area contributed by atoms with Gasteiger partial charge in [-0.1, -0.05) is 29.5 Å². The second-order valence-electron chi connectivity index (χ2n) is 8.23. The summed E-state index contributed by atoms with van der Waals surface area (Å²) < 4.78 is 6.34. The van der Waals surface area contributed by atoms with Gasteiger partial charge in [-0.2, -0.15) is 0 Å². The summed E-state index contributed by atoms with van der Waals surface area (Å²) in [6.45, 7) is 4.36. The Labute approximate surface area is 205 Å². The lowest BCUT2D eigenvalue weighted by molar-refractivity contribution is -0.384. The summed E-state index contributed by atoms with van der Waals surface area (Å²) in [7, 11) is 0. The number of anilines is 2. The normalized spacial score (nSPS) is 13.7. The third kappa shape index (κ3) is 4.71. The van der Waals surface area contributed by atoms with Gasteiger partial charge in [0.15, 0.2) is 5.13 Å². The highest BCUT2D eigenvalue weighted by Gasteiger charge is 2.27. The molecule has 0 atom stereocenters. The number of carbonyl (C=O) groups is 1. The summed E-state index contributed by atoms with van der Waals surface area (Å²) in [5.41, 5.74) is 3.31. The number of nitro benzene ring substituents is 1. The lowest BCUT2D eigenvalue weighted by atomic mass is 10.1. The summed E-state index contributed by atoms with van der Waals surface area (Å²) >= 11 is 1.42. The second-order valence-corrected chi connectivity index (χ2v) is 9.24. The number of carbonyl (C=O) groups excluding carboxylic acids is 1. The monoisotopic (exact) mass is 489 g/mol. The number of benzene rings is 2. The molecule has 1 amide bonds. The molecule has 1 fully saturated rings. The van der Waals surface area contributed by atoms with E-state index in [1.807, 2.05) is 42.2 Å². The number of amides is 1. The van der Waals surface area contributed by atoms with E-state index in [1.54, 1.807) is 29.4 Å². The Kier molecular flexibility index (Phi) is 6.39. The molecule has 2 aromatic carbocycles. The van der Waals surface area contributed by atoms with E-state index in [2.05, 4.69) is 4.98 Å². The highest BCUT2D eigenvalue weighted by molar-refractivity contribution is 7.22. The van der Waals surface area contributed by atoms with Crippen LogP contribution in [-0.4, -0.2) is 47.1 Å². The molecule has 0 N–H and O–H groups in total. The molecule has 0 saturated carbocycles. The van der Waals surface area contributed by atoms with Crippen LogP contribution in [0.3, 0.4) is 0 Å². The van der Waals surface area contributed by atoms with Gasteiger partial charge in [-0.25, -0.2) is 4.98 Å². The van der Waals surface area contributed by atoms with Crippen LogP contribution in [0.15, 0.2) is 60.9 Å². The van der Waals surface area contributed by atoms with Crippen LogP contribution in [0.1, 0.15) is 21.5 Å². The molecular weight excluding hydrogens is 466 g/mol. The quantitative estimate of drug-likeness (QED) is 0.288. The smallest absolute Gasteiger partial charge is 0.293 e. The van der Waals surface area contributed by atoms with Crippen LogP contribution in [0.4, 0.5) is 16.5 Å². The minimum absolute atomic E-state index is 0.0979. The third-order valence-corrected chi connectivity index (χ3v) is 6.96. The lowest BCUT2D eigenvalue weighted by Gasteiger charge is -2.28.